The lowest BCUT2D eigenvalue weighted by molar-refractivity contribution is -0.383. The van der Waals surface area contributed by atoms with Gasteiger partial charge in [0.2, 0.25) is 0 Å². The first-order chi connectivity index (χ1) is 8.51. The Morgan fingerprint density at radius 3 is 2.83 bits per heavy atom. The van der Waals surface area contributed by atoms with Crippen molar-refractivity contribution in [1.82, 2.24) is 0 Å². The van der Waals surface area contributed by atoms with Gasteiger partial charge in [0.1, 0.15) is 0 Å². The smallest absolute Gasteiger partial charge is 0.304 e. The van der Waals surface area contributed by atoms with Crippen LogP contribution in [0.5, 0.6) is 0 Å². The van der Waals surface area contributed by atoms with Crippen molar-refractivity contribution in [2.45, 2.75) is 26.4 Å². The normalized spacial score (nSPS) is 12.2. The van der Waals surface area contributed by atoms with Crippen molar-refractivity contribution in [2.24, 2.45) is 0 Å². The van der Waals surface area contributed by atoms with Gasteiger partial charge in [-0.3, -0.25) is 10.1 Å². The lowest BCUT2D eigenvalue weighted by atomic mass is 10.3. The predicted octanol–water partition coefficient (Wildman–Crippen LogP) is 3.11. The molecule has 0 aliphatic rings. The Labute approximate surface area is 111 Å². The maximum absolute atomic E-state index is 11.0. The fourth-order valence-electron chi connectivity index (χ4n) is 1.65. The quantitative estimate of drug-likeness (QED) is 0.469. The first-order valence-electron chi connectivity index (χ1n) is 5.83. The molecule has 0 aliphatic carbocycles. The summed E-state index contributed by atoms with van der Waals surface area (Å²) < 4.78 is 0. The molecule has 0 unspecified atom stereocenters. The van der Waals surface area contributed by atoms with Crippen molar-refractivity contribution >= 4 is 22.0 Å². The van der Waals surface area contributed by atoms with Crippen molar-refractivity contribution in [3.8, 4) is 0 Å². The number of anilines is 1. The molecule has 1 atom stereocenters. The van der Waals surface area contributed by atoms with Crippen LogP contribution in [0, 0.1) is 10.1 Å². The topological polar surface area (TPSA) is 66.6 Å². The lowest BCUT2D eigenvalue weighted by Gasteiger charge is -2.19. The van der Waals surface area contributed by atoms with Crippen LogP contribution in [-0.2, 0) is 0 Å². The Kier molecular flexibility index (Phi) is 5.30. The number of rotatable bonds is 7. The first kappa shape index (κ1) is 14.7. The molecule has 18 heavy (non-hydrogen) atoms. The zero-order chi connectivity index (χ0) is 13.7. The molecule has 6 heteroatoms. The molecule has 0 fully saturated rings. The third kappa shape index (κ3) is 3.30. The minimum absolute atomic E-state index is 0.0613. The van der Waals surface area contributed by atoms with E-state index in [9.17, 15) is 15.2 Å². The van der Waals surface area contributed by atoms with Crippen LogP contribution in [0.25, 0.3) is 0 Å². The van der Waals surface area contributed by atoms with Gasteiger partial charge in [0.05, 0.1) is 11.0 Å². The maximum Gasteiger partial charge on any atom is 0.304 e. The van der Waals surface area contributed by atoms with E-state index in [0.717, 1.165) is 13.0 Å². The Balaban J connectivity index is 3.17. The fourth-order valence-corrected chi connectivity index (χ4v) is 2.75. The summed E-state index contributed by atoms with van der Waals surface area (Å²) >= 11 is 1.27. The van der Waals surface area contributed by atoms with Crippen LogP contribution in [0.4, 0.5) is 10.7 Å². The molecule has 0 saturated carbocycles. The maximum atomic E-state index is 11.0. The highest BCUT2D eigenvalue weighted by Crippen LogP contribution is 2.40. The van der Waals surface area contributed by atoms with Crippen LogP contribution < -0.4 is 4.90 Å². The number of nitrogens with zero attached hydrogens (tertiary/aromatic N) is 2. The van der Waals surface area contributed by atoms with Crippen molar-refractivity contribution in [2.75, 3.05) is 18.0 Å². The molecule has 1 aromatic rings. The average molecular weight is 270 g/mol. The number of hydrogen-bond acceptors (Lipinski definition) is 5. The number of nitro groups is 1. The van der Waals surface area contributed by atoms with E-state index in [4.69, 9.17) is 0 Å². The molecule has 0 amide bonds. The van der Waals surface area contributed by atoms with E-state index in [1.807, 2.05) is 11.8 Å². The van der Waals surface area contributed by atoms with Crippen molar-refractivity contribution in [1.29, 1.82) is 0 Å². The van der Waals surface area contributed by atoms with Gasteiger partial charge in [-0.05, 0) is 13.3 Å². The second kappa shape index (κ2) is 6.51. The summed E-state index contributed by atoms with van der Waals surface area (Å²) in [4.78, 5) is 13.2. The Morgan fingerprint density at radius 1 is 1.72 bits per heavy atom. The van der Waals surface area contributed by atoms with Gasteiger partial charge in [-0.25, -0.2) is 0 Å². The molecule has 1 rings (SSSR count). The fraction of sp³-hybridized carbons (Fsp3) is 0.500. The highest BCUT2D eigenvalue weighted by atomic mass is 32.1. The molecule has 0 saturated heterocycles. The van der Waals surface area contributed by atoms with E-state index in [-0.39, 0.29) is 5.69 Å². The molecule has 0 spiro atoms. The molecule has 1 aromatic heterocycles. The Bertz CT molecular complexity index is 429. The molecule has 5 nitrogen and oxygen atoms in total. The molecule has 0 aliphatic heterocycles. The van der Waals surface area contributed by atoms with Crippen LogP contribution in [0.1, 0.15) is 31.2 Å². The van der Waals surface area contributed by atoms with E-state index in [2.05, 4.69) is 6.58 Å². The molecular formula is C12H18N2O3S. The predicted molar refractivity (Wildman–Crippen MR) is 74.3 cm³/mol. The molecule has 1 N–H and O–H groups in total. The first-order valence-corrected chi connectivity index (χ1v) is 6.64. The summed E-state index contributed by atoms with van der Waals surface area (Å²) in [6.45, 7) is 8.59. The Morgan fingerprint density at radius 2 is 2.39 bits per heavy atom. The van der Waals surface area contributed by atoms with E-state index >= 15 is 0 Å². The van der Waals surface area contributed by atoms with E-state index in [0.29, 0.717) is 16.4 Å². The summed E-state index contributed by atoms with van der Waals surface area (Å²) in [5, 5.41) is 21.2. The minimum atomic E-state index is -0.686. The summed E-state index contributed by atoms with van der Waals surface area (Å²) in [5.74, 6) is 0. The highest BCUT2D eigenvalue weighted by Gasteiger charge is 2.24. The molecular weight excluding hydrogens is 252 g/mol. The largest absolute Gasteiger partial charge is 0.388 e. The van der Waals surface area contributed by atoms with Gasteiger partial charge in [-0.1, -0.05) is 13.0 Å². The number of aliphatic hydroxyl groups excluding tert-OH is 1. The third-order valence-corrected chi connectivity index (χ3v) is 3.81. The highest BCUT2D eigenvalue weighted by molar-refractivity contribution is 7.16. The van der Waals surface area contributed by atoms with Gasteiger partial charge in [0.25, 0.3) is 0 Å². The van der Waals surface area contributed by atoms with Crippen molar-refractivity contribution in [3.63, 3.8) is 0 Å². The van der Waals surface area contributed by atoms with Crippen LogP contribution in [0.2, 0.25) is 0 Å². The number of aliphatic hydroxyl groups is 1. The summed E-state index contributed by atoms with van der Waals surface area (Å²) in [5.41, 5.74) is 0.0613. The van der Waals surface area contributed by atoms with Crippen LogP contribution in [0.15, 0.2) is 18.7 Å². The van der Waals surface area contributed by atoms with E-state index in [1.165, 1.54) is 17.4 Å². The molecule has 0 aromatic carbocycles. The zero-order valence-corrected chi connectivity index (χ0v) is 11.4. The standard InChI is InChI=1S/C12H18N2O3S/c1-4-6-13(7-5-2)12-10(14(16)17)8-11(18-12)9(3)15/h4,8-9,15H,1,5-7H2,2-3H3/t9-/m0/s1. The SMILES string of the molecule is C=CCN(CCC)c1sc([C@H](C)O)cc1[N+](=O)[O-]. The van der Waals surface area contributed by atoms with Gasteiger partial charge < -0.3 is 10.0 Å². The van der Waals surface area contributed by atoms with Gasteiger partial charge in [0, 0.05) is 24.0 Å². The number of hydrogen-bond donors (Lipinski definition) is 1. The lowest BCUT2D eigenvalue weighted by Crippen LogP contribution is -2.23. The third-order valence-electron chi connectivity index (χ3n) is 2.45. The van der Waals surface area contributed by atoms with E-state index < -0.39 is 11.0 Å². The van der Waals surface area contributed by atoms with Crippen LogP contribution in [-0.4, -0.2) is 23.1 Å². The monoisotopic (exact) mass is 270 g/mol. The second-order valence-electron chi connectivity index (χ2n) is 4.01. The van der Waals surface area contributed by atoms with Gasteiger partial charge >= 0.3 is 5.69 Å². The van der Waals surface area contributed by atoms with Crippen molar-refractivity contribution in [3.05, 3.63) is 33.7 Å². The second-order valence-corrected chi connectivity index (χ2v) is 5.07. The van der Waals surface area contributed by atoms with Crippen molar-refractivity contribution < 1.29 is 10.0 Å². The zero-order valence-electron chi connectivity index (χ0n) is 10.6. The average Bonchev–Trinajstić information content (AvgIpc) is 2.73. The summed E-state index contributed by atoms with van der Waals surface area (Å²) in [6, 6.07) is 1.45. The van der Waals surface area contributed by atoms with Gasteiger partial charge in [-0.2, -0.15) is 0 Å². The van der Waals surface area contributed by atoms with Gasteiger partial charge in [0.15, 0.2) is 5.00 Å². The minimum Gasteiger partial charge on any atom is -0.388 e. The van der Waals surface area contributed by atoms with E-state index in [1.54, 1.807) is 13.0 Å². The molecule has 100 valence electrons. The Hall–Kier alpha value is -1.40. The van der Waals surface area contributed by atoms with Gasteiger partial charge in [-0.15, -0.1) is 17.9 Å². The molecule has 1 heterocycles. The molecule has 0 bridgehead atoms. The summed E-state index contributed by atoms with van der Waals surface area (Å²) in [6.07, 6.45) is 1.93. The van der Waals surface area contributed by atoms with Crippen LogP contribution in [0.3, 0.4) is 0 Å². The number of thiophene rings is 1. The summed E-state index contributed by atoms with van der Waals surface area (Å²) in [7, 11) is 0. The van der Waals surface area contributed by atoms with Crippen LogP contribution >= 0.6 is 11.3 Å². The molecule has 0 radical (unpaired) electrons.